The summed E-state index contributed by atoms with van der Waals surface area (Å²) in [4.78, 5) is 44.1. The maximum absolute atomic E-state index is 11.3. The van der Waals surface area contributed by atoms with E-state index in [0.29, 0.717) is 12.8 Å². The summed E-state index contributed by atoms with van der Waals surface area (Å²) in [6.07, 6.45) is 0.915. The number of rotatable bonds is 9. The normalized spacial score (nSPS) is 9.36. The third kappa shape index (κ3) is 9.29. The molecule has 0 aliphatic carbocycles. The predicted molar refractivity (Wildman–Crippen MR) is 77.1 cm³/mol. The topological polar surface area (TPSA) is 111 Å². The zero-order valence-electron chi connectivity index (χ0n) is 12.7. The summed E-state index contributed by atoms with van der Waals surface area (Å²) < 4.78 is 9.69. The van der Waals surface area contributed by atoms with Crippen LogP contribution in [0.2, 0.25) is 0 Å². The van der Waals surface area contributed by atoms with Gasteiger partial charge in [-0.3, -0.25) is 9.59 Å². The van der Waals surface area contributed by atoms with Gasteiger partial charge in [-0.25, -0.2) is 9.59 Å². The SMILES string of the molecule is C=C(NC(C)=O)C(=O)OCCCCOC(=O)C(=C)NC(C)=O. The fourth-order valence-corrected chi connectivity index (χ4v) is 1.24. The van der Waals surface area contributed by atoms with Crippen LogP contribution in [-0.2, 0) is 28.7 Å². The van der Waals surface area contributed by atoms with E-state index in [-0.39, 0.29) is 24.6 Å². The fraction of sp³-hybridized carbons (Fsp3) is 0.429. The van der Waals surface area contributed by atoms with Crippen LogP contribution in [-0.4, -0.2) is 37.0 Å². The number of nitrogens with one attached hydrogen (secondary N) is 2. The second-order valence-corrected chi connectivity index (χ2v) is 4.30. The third-order valence-corrected chi connectivity index (χ3v) is 2.15. The van der Waals surface area contributed by atoms with Crippen LogP contribution in [0.5, 0.6) is 0 Å². The zero-order valence-corrected chi connectivity index (χ0v) is 12.7. The molecule has 0 heterocycles. The highest BCUT2D eigenvalue weighted by atomic mass is 16.5. The van der Waals surface area contributed by atoms with Gasteiger partial charge >= 0.3 is 11.9 Å². The van der Waals surface area contributed by atoms with Crippen LogP contribution in [0.3, 0.4) is 0 Å². The van der Waals surface area contributed by atoms with Crippen molar-refractivity contribution in [1.29, 1.82) is 0 Å². The van der Waals surface area contributed by atoms with Crippen LogP contribution in [0.25, 0.3) is 0 Å². The minimum atomic E-state index is -0.716. The molecule has 122 valence electrons. The third-order valence-electron chi connectivity index (χ3n) is 2.15. The summed E-state index contributed by atoms with van der Waals surface area (Å²) in [6, 6.07) is 0. The Hall–Kier alpha value is -2.64. The molecule has 0 aliphatic heterocycles. The molecule has 8 heteroatoms. The van der Waals surface area contributed by atoms with E-state index in [1.807, 2.05) is 0 Å². The zero-order chi connectivity index (χ0) is 17.1. The molecule has 0 aromatic heterocycles. The Balaban J connectivity index is 3.74. The van der Waals surface area contributed by atoms with Crippen LogP contribution >= 0.6 is 0 Å². The molecule has 22 heavy (non-hydrogen) atoms. The van der Waals surface area contributed by atoms with E-state index in [4.69, 9.17) is 9.47 Å². The van der Waals surface area contributed by atoms with Gasteiger partial charge in [0.25, 0.3) is 0 Å². The summed E-state index contributed by atoms with van der Waals surface area (Å²) in [7, 11) is 0. The molecule has 0 fully saturated rings. The Morgan fingerprint density at radius 3 is 1.36 bits per heavy atom. The average Bonchev–Trinajstić information content (AvgIpc) is 2.40. The lowest BCUT2D eigenvalue weighted by Crippen LogP contribution is -2.26. The van der Waals surface area contributed by atoms with E-state index < -0.39 is 23.8 Å². The first-order valence-corrected chi connectivity index (χ1v) is 6.51. The molecule has 0 rings (SSSR count). The highest BCUT2D eigenvalue weighted by Gasteiger charge is 2.10. The van der Waals surface area contributed by atoms with Gasteiger partial charge in [0, 0.05) is 13.8 Å². The van der Waals surface area contributed by atoms with Crippen molar-refractivity contribution in [2.45, 2.75) is 26.7 Å². The number of unbranched alkanes of at least 4 members (excludes halogenated alkanes) is 1. The molecule has 0 aromatic rings. The van der Waals surface area contributed by atoms with Crippen LogP contribution in [0, 0.1) is 0 Å². The first-order chi connectivity index (χ1) is 10.2. The summed E-state index contributed by atoms with van der Waals surface area (Å²) in [6.45, 7) is 9.41. The molecular formula is C14H20N2O6. The lowest BCUT2D eigenvalue weighted by molar-refractivity contribution is -0.142. The second kappa shape index (κ2) is 10.1. The number of ether oxygens (including phenoxy) is 2. The van der Waals surface area contributed by atoms with Crippen molar-refractivity contribution in [3.8, 4) is 0 Å². The number of hydrogen-bond donors (Lipinski definition) is 2. The van der Waals surface area contributed by atoms with E-state index >= 15 is 0 Å². The fourth-order valence-electron chi connectivity index (χ4n) is 1.24. The van der Waals surface area contributed by atoms with Crippen LogP contribution in [0.4, 0.5) is 0 Å². The lowest BCUT2D eigenvalue weighted by atomic mass is 10.3. The van der Waals surface area contributed by atoms with E-state index in [1.54, 1.807) is 0 Å². The molecule has 0 spiro atoms. The van der Waals surface area contributed by atoms with Crippen molar-refractivity contribution in [3.63, 3.8) is 0 Å². The quantitative estimate of drug-likeness (QED) is 0.356. The Morgan fingerprint density at radius 1 is 0.773 bits per heavy atom. The van der Waals surface area contributed by atoms with Gasteiger partial charge in [0.05, 0.1) is 13.2 Å². The summed E-state index contributed by atoms with van der Waals surface area (Å²) >= 11 is 0. The minimum absolute atomic E-state index is 0.0988. The van der Waals surface area contributed by atoms with Gasteiger partial charge in [0.15, 0.2) is 0 Å². The van der Waals surface area contributed by atoms with E-state index in [1.165, 1.54) is 13.8 Å². The van der Waals surface area contributed by atoms with Crippen molar-refractivity contribution in [3.05, 3.63) is 24.6 Å². The molecule has 2 N–H and O–H groups in total. The Morgan fingerprint density at radius 2 is 1.09 bits per heavy atom. The molecule has 0 unspecified atom stereocenters. The van der Waals surface area contributed by atoms with E-state index in [0.717, 1.165) is 0 Å². The molecule has 0 saturated carbocycles. The van der Waals surface area contributed by atoms with E-state index in [2.05, 4.69) is 23.8 Å². The molecule has 0 saturated heterocycles. The van der Waals surface area contributed by atoms with Crippen LogP contribution < -0.4 is 10.6 Å². The van der Waals surface area contributed by atoms with Gasteiger partial charge in [0.1, 0.15) is 11.4 Å². The van der Waals surface area contributed by atoms with Crippen molar-refractivity contribution < 1.29 is 28.7 Å². The largest absolute Gasteiger partial charge is 0.461 e. The Bertz CT molecular complexity index is 440. The van der Waals surface area contributed by atoms with Gasteiger partial charge in [-0.2, -0.15) is 0 Å². The molecule has 0 aromatic carbocycles. The summed E-state index contributed by atoms with van der Waals surface area (Å²) in [5.41, 5.74) is -0.268. The lowest BCUT2D eigenvalue weighted by Gasteiger charge is -2.08. The molecule has 0 bridgehead atoms. The van der Waals surface area contributed by atoms with Crippen molar-refractivity contribution in [1.82, 2.24) is 10.6 Å². The Labute approximate surface area is 128 Å². The molecule has 8 nitrogen and oxygen atoms in total. The van der Waals surface area contributed by atoms with Crippen molar-refractivity contribution in [2.75, 3.05) is 13.2 Å². The number of esters is 2. The van der Waals surface area contributed by atoms with Crippen molar-refractivity contribution in [2.24, 2.45) is 0 Å². The molecular weight excluding hydrogens is 292 g/mol. The number of amides is 2. The smallest absolute Gasteiger partial charge is 0.354 e. The van der Waals surface area contributed by atoms with E-state index in [9.17, 15) is 19.2 Å². The predicted octanol–water partition coefficient (Wildman–Crippen LogP) is 0.153. The highest BCUT2D eigenvalue weighted by molar-refractivity contribution is 5.93. The van der Waals surface area contributed by atoms with Gasteiger partial charge < -0.3 is 20.1 Å². The first kappa shape index (κ1) is 19.4. The second-order valence-electron chi connectivity index (χ2n) is 4.30. The number of carbonyl (C=O) groups is 4. The molecule has 0 aliphatic rings. The first-order valence-electron chi connectivity index (χ1n) is 6.51. The minimum Gasteiger partial charge on any atom is -0.461 e. The molecule has 0 atom stereocenters. The van der Waals surface area contributed by atoms with Gasteiger partial charge in [-0.15, -0.1) is 0 Å². The summed E-state index contributed by atoms with van der Waals surface area (Å²) in [5, 5.41) is 4.43. The standard InChI is InChI=1S/C14H20N2O6/c1-9(15-11(3)17)13(19)21-7-5-6-8-22-14(20)10(2)16-12(4)18/h1-2,5-8H2,3-4H3,(H,15,17)(H,16,18). The monoisotopic (exact) mass is 312 g/mol. The summed E-state index contributed by atoms with van der Waals surface area (Å²) in [5.74, 6) is -2.25. The highest BCUT2D eigenvalue weighted by Crippen LogP contribution is 1.98. The van der Waals surface area contributed by atoms with Gasteiger partial charge in [0.2, 0.25) is 11.8 Å². The van der Waals surface area contributed by atoms with Gasteiger partial charge in [-0.1, -0.05) is 13.2 Å². The van der Waals surface area contributed by atoms with Gasteiger partial charge in [-0.05, 0) is 12.8 Å². The van der Waals surface area contributed by atoms with Crippen LogP contribution in [0.15, 0.2) is 24.6 Å². The number of carbonyl (C=O) groups excluding carboxylic acids is 4. The van der Waals surface area contributed by atoms with Crippen molar-refractivity contribution >= 4 is 23.8 Å². The van der Waals surface area contributed by atoms with Crippen LogP contribution in [0.1, 0.15) is 26.7 Å². The maximum Gasteiger partial charge on any atom is 0.354 e. The maximum atomic E-state index is 11.3. The number of hydrogen-bond acceptors (Lipinski definition) is 6. The average molecular weight is 312 g/mol. The molecule has 0 radical (unpaired) electrons. The molecule has 2 amide bonds. The Kier molecular flexibility index (Phi) is 8.92.